The SMILES string of the molecule is CC/C=C\C/C=C\C/C=C\C/C=C\CCCCCCCCCCCCC(=O)OC(COC(=O)CCCCCCCCCCC)COC(=O)CCCCCCCCCCCCCCCCC/C=C\CCCCCCCCCC. The average Bonchev–Trinajstić information content (AvgIpc) is 3.43. The summed E-state index contributed by atoms with van der Waals surface area (Å²) in [7, 11) is 0. The van der Waals surface area contributed by atoms with Crippen molar-refractivity contribution in [2.24, 2.45) is 0 Å². The van der Waals surface area contributed by atoms with Gasteiger partial charge >= 0.3 is 17.9 Å². The van der Waals surface area contributed by atoms with Gasteiger partial charge in [-0.2, -0.15) is 0 Å². The summed E-state index contributed by atoms with van der Waals surface area (Å²) >= 11 is 0. The minimum Gasteiger partial charge on any atom is -0.462 e. The molecule has 0 saturated carbocycles. The van der Waals surface area contributed by atoms with Crippen LogP contribution in [0.2, 0.25) is 0 Å². The largest absolute Gasteiger partial charge is 0.462 e. The molecule has 1 unspecified atom stereocenters. The summed E-state index contributed by atoms with van der Waals surface area (Å²) in [5.74, 6) is -0.859. The first kappa shape index (κ1) is 74.1. The molecule has 6 nitrogen and oxygen atoms in total. The van der Waals surface area contributed by atoms with Crippen LogP contribution in [0.3, 0.4) is 0 Å². The Morgan fingerprint density at radius 1 is 0.273 bits per heavy atom. The van der Waals surface area contributed by atoms with E-state index in [1.165, 1.54) is 231 Å². The number of carbonyl (C=O) groups is 3. The van der Waals surface area contributed by atoms with E-state index in [1.807, 2.05) is 0 Å². The third-order valence-corrected chi connectivity index (χ3v) is 15.0. The highest BCUT2D eigenvalue weighted by atomic mass is 16.6. The van der Waals surface area contributed by atoms with Crippen LogP contribution in [-0.4, -0.2) is 37.2 Å². The monoisotopic (exact) mass is 1080 g/mol. The first-order chi connectivity index (χ1) is 38.0. The lowest BCUT2D eigenvalue weighted by molar-refractivity contribution is -0.167. The van der Waals surface area contributed by atoms with Crippen molar-refractivity contribution in [2.45, 2.75) is 361 Å². The van der Waals surface area contributed by atoms with Crippen molar-refractivity contribution in [3.63, 3.8) is 0 Å². The van der Waals surface area contributed by atoms with E-state index < -0.39 is 6.10 Å². The Morgan fingerprint density at radius 3 is 0.805 bits per heavy atom. The first-order valence-corrected chi connectivity index (χ1v) is 33.8. The second kappa shape index (κ2) is 65.6. The zero-order valence-corrected chi connectivity index (χ0v) is 51.5. The second-order valence-corrected chi connectivity index (χ2v) is 22.7. The minimum atomic E-state index is -0.774. The number of allylic oxidation sites excluding steroid dienone is 10. The van der Waals surface area contributed by atoms with Crippen LogP contribution in [0, 0.1) is 0 Å². The van der Waals surface area contributed by atoms with Crippen molar-refractivity contribution in [1.29, 1.82) is 0 Å². The number of esters is 3. The highest BCUT2D eigenvalue weighted by Crippen LogP contribution is 2.18. The molecule has 0 aromatic rings. The van der Waals surface area contributed by atoms with E-state index in [2.05, 4.69) is 81.5 Å². The molecule has 6 heteroatoms. The normalized spacial score (nSPS) is 12.4. The molecule has 448 valence electrons. The lowest BCUT2D eigenvalue weighted by atomic mass is 10.0. The zero-order valence-electron chi connectivity index (χ0n) is 51.5. The van der Waals surface area contributed by atoms with Crippen LogP contribution < -0.4 is 0 Å². The van der Waals surface area contributed by atoms with Gasteiger partial charge in [-0.3, -0.25) is 14.4 Å². The van der Waals surface area contributed by atoms with Gasteiger partial charge < -0.3 is 14.2 Å². The quantitative estimate of drug-likeness (QED) is 0.0261. The summed E-state index contributed by atoms with van der Waals surface area (Å²) in [6.45, 7) is 6.55. The average molecular weight is 1080 g/mol. The molecule has 0 radical (unpaired) electrons. The molecule has 0 aliphatic rings. The molecule has 0 aliphatic heterocycles. The van der Waals surface area contributed by atoms with Crippen LogP contribution in [-0.2, 0) is 28.6 Å². The summed E-state index contributed by atoms with van der Waals surface area (Å²) in [6.07, 6.45) is 84.0. The van der Waals surface area contributed by atoms with E-state index in [9.17, 15) is 14.4 Å². The number of carbonyl (C=O) groups excluding carboxylic acids is 3. The molecular formula is C71H128O6. The molecule has 0 spiro atoms. The van der Waals surface area contributed by atoms with Crippen molar-refractivity contribution in [3.05, 3.63) is 60.8 Å². The summed E-state index contributed by atoms with van der Waals surface area (Å²) < 4.78 is 16.9. The Kier molecular flexibility index (Phi) is 63.2. The van der Waals surface area contributed by atoms with Crippen LogP contribution in [0.25, 0.3) is 0 Å². The van der Waals surface area contributed by atoms with Gasteiger partial charge in [0.25, 0.3) is 0 Å². The van der Waals surface area contributed by atoms with E-state index in [4.69, 9.17) is 14.2 Å². The smallest absolute Gasteiger partial charge is 0.306 e. The Morgan fingerprint density at radius 2 is 0.506 bits per heavy atom. The number of hydrogen-bond acceptors (Lipinski definition) is 6. The van der Waals surface area contributed by atoms with Gasteiger partial charge in [-0.25, -0.2) is 0 Å². The molecule has 0 bridgehead atoms. The van der Waals surface area contributed by atoms with Gasteiger partial charge in [-0.15, -0.1) is 0 Å². The van der Waals surface area contributed by atoms with E-state index in [-0.39, 0.29) is 31.1 Å². The Balaban J connectivity index is 4.15. The highest BCUT2D eigenvalue weighted by Gasteiger charge is 2.19. The maximum absolute atomic E-state index is 12.9. The van der Waals surface area contributed by atoms with Crippen LogP contribution in [0.15, 0.2) is 60.8 Å². The van der Waals surface area contributed by atoms with Gasteiger partial charge in [0.15, 0.2) is 6.10 Å². The molecule has 77 heavy (non-hydrogen) atoms. The third-order valence-electron chi connectivity index (χ3n) is 15.0. The zero-order chi connectivity index (χ0) is 55.7. The van der Waals surface area contributed by atoms with E-state index >= 15 is 0 Å². The standard InChI is InChI=1S/C71H128O6/c1-4-7-10-13-16-19-21-23-25-27-29-31-33-34-35-36-38-39-41-43-45-47-49-52-55-58-61-64-70(73)76-67-68(66-75-69(72)63-60-57-54-51-18-15-12-9-6-3)77-71(74)65-62-59-56-53-50-48-46-44-42-40-37-32-30-28-26-24-22-20-17-14-11-8-5-2/h8,11,17,20,24,26-27,29-30,32,68H,4-7,9-10,12-16,18-19,21-23,25,28,31,33-67H2,1-3H3/b11-8-,20-17-,26-24-,29-27-,32-30-. The van der Waals surface area contributed by atoms with Crippen molar-refractivity contribution in [3.8, 4) is 0 Å². The topological polar surface area (TPSA) is 78.9 Å². The Hall–Kier alpha value is -2.89. The second-order valence-electron chi connectivity index (χ2n) is 22.7. The molecule has 0 rings (SSSR count). The first-order valence-electron chi connectivity index (χ1n) is 33.8. The molecule has 0 N–H and O–H groups in total. The summed E-state index contributed by atoms with van der Waals surface area (Å²) in [5, 5.41) is 0. The van der Waals surface area contributed by atoms with Crippen molar-refractivity contribution in [2.75, 3.05) is 13.2 Å². The maximum Gasteiger partial charge on any atom is 0.306 e. The lowest BCUT2D eigenvalue weighted by Gasteiger charge is -2.18. The van der Waals surface area contributed by atoms with E-state index in [0.717, 1.165) is 83.5 Å². The fourth-order valence-electron chi connectivity index (χ4n) is 9.96. The van der Waals surface area contributed by atoms with Gasteiger partial charge in [0.2, 0.25) is 0 Å². The van der Waals surface area contributed by atoms with Crippen molar-refractivity contribution >= 4 is 17.9 Å². The van der Waals surface area contributed by atoms with Crippen LogP contribution >= 0.6 is 0 Å². The third kappa shape index (κ3) is 63.8. The van der Waals surface area contributed by atoms with Gasteiger partial charge in [0.1, 0.15) is 13.2 Å². The Labute approximate surface area is 479 Å². The summed E-state index contributed by atoms with van der Waals surface area (Å²) in [6, 6.07) is 0. The number of rotatable bonds is 62. The molecule has 0 heterocycles. The number of unbranched alkanes of at least 4 members (excludes halogenated alkanes) is 41. The molecule has 0 amide bonds. The van der Waals surface area contributed by atoms with E-state index in [1.54, 1.807) is 0 Å². The van der Waals surface area contributed by atoms with Crippen LogP contribution in [0.5, 0.6) is 0 Å². The molecule has 0 saturated heterocycles. The van der Waals surface area contributed by atoms with Crippen LogP contribution in [0.4, 0.5) is 0 Å². The molecule has 0 aliphatic carbocycles. The van der Waals surface area contributed by atoms with Gasteiger partial charge in [-0.05, 0) is 83.5 Å². The van der Waals surface area contributed by atoms with Gasteiger partial charge in [-0.1, -0.05) is 313 Å². The lowest BCUT2D eigenvalue weighted by Crippen LogP contribution is -2.30. The molecular weight excluding hydrogens is 949 g/mol. The fourth-order valence-corrected chi connectivity index (χ4v) is 9.96. The minimum absolute atomic E-state index is 0.0718. The number of ether oxygens (including phenoxy) is 3. The fraction of sp³-hybridized carbons (Fsp3) is 0.817. The predicted molar refractivity (Wildman–Crippen MR) is 335 cm³/mol. The van der Waals surface area contributed by atoms with E-state index in [0.29, 0.717) is 19.3 Å². The molecule has 0 aromatic heterocycles. The summed E-state index contributed by atoms with van der Waals surface area (Å²) in [5.41, 5.74) is 0. The molecule has 1 atom stereocenters. The van der Waals surface area contributed by atoms with Gasteiger partial charge in [0, 0.05) is 19.3 Å². The Bertz CT molecular complexity index is 1380. The van der Waals surface area contributed by atoms with Gasteiger partial charge in [0.05, 0.1) is 0 Å². The highest BCUT2D eigenvalue weighted by molar-refractivity contribution is 5.71. The maximum atomic E-state index is 12.9. The summed E-state index contributed by atoms with van der Waals surface area (Å²) in [4.78, 5) is 38.2. The van der Waals surface area contributed by atoms with Crippen molar-refractivity contribution in [1.82, 2.24) is 0 Å². The predicted octanol–water partition coefficient (Wildman–Crippen LogP) is 23.1. The molecule has 0 fully saturated rings. The van der Waals surface area contributed by atoms with Crippen LogP contribution in [0.1, 0.15) is 355 Å². The molecule has 0 aromatic carbocycles. The number of hydrogen-bond donors (Lipinski definition) is 0. The van der Waals surface area contributed by atoms with Crippen molar-refractivity contribution < 1.29 is 28.6 Å².